The van der Waals surface area contributed by atoms with Crippen LogP contribution in [0.2, 0.25) is 5.02 Å². The van der Waals surface area contributed by atoms with E-state index in [1.54, 1.807) is 11.9 Å². The van der Waals surface area contributed by atoms with Crippen LogP contribution in [0.3, 0.4) is 0 Å². The second kappa shape index (κ2) is 11.9. The second-order valence-electron chi connectivity index (χ2n) is 9.00. The van der Waals surface area contributed by atoms with E-state index in [1.165, 1.54) is 24.4 Å². The predicted octanol–water partition coefficient (Wildman–Crippen LogP) is 5.09. The molecule has 4 aromatic carbocycles. The number of fused-ring (bicyclic) bond motifs is 1. The van der Waals surface area contributed by atoms with Gasteiger partial charge in [-0.1, -0.05) is 78.3 Å². The van der Waals surface area contributed by atoms with Gasteiger partial charge in [0.05, 0.1) is 29.8 Å². The maximum absolute atomic E-state index is 13.2. The number of hydrazone groups is 1. The Hall–Kier alpha value is -4.20. The number of halogens is 1. The molecule has 2 atom stereocenters. The van der Waals surface area contributed by atoms with Gasteiger partial charge in [-0.3, -0.25) is 9.59 Å². The summed E-state index contributed by atoms with van der Waals surface area (Å²) in [5.41, 5.74) is 5.10. The molecule has 0 saturated carbocycles. The number of amides is 2. The molecule has 0 aliphatic carbocycles. The van der Waals surface area contributed by atoms with E-state index in [-0.39, 0.29) is 28.7 Å². The number of phenols is 1. The molecular weight excluding hydrogens is 502 g/mol. The lowest BCUT2D eigenvalue weighted by Crippen LogP contribution is -2.39. The molecule has 7 nitrogen and oxygen atoms in total. The number of aromatic hydroxyl groups is 1. The van der Waals surface area contributed by atoms with E-state index in [0.717, 1.165) is 27.5 Å². The van der Waals surface area contributed by atoms with Crippen LogP contribution in [-0.4, -0.2) is 46.2 Å². The van der Waals surface area contributed by atoms with Gasteiger partial charge in [-0.2, -0.15) is 5.10 Å². The first-order valence-corrected chi connectivity index (χ1v) is 12.4. The van der Waals surface area contributed by atoms with Gasteiger partial charge in [0.1, 0.15) is 5.75 Å². The lowest BCUT2D eigenvalue weighted by atomic mass is 9.97. The molecule has 0 aliphatic heterocycles. The monoisotopic (exact) mass is 529 g/mol. The van der Waals surface area contributed by atoms with Crippen molar-refractivity contribution in [2.75, 3.05) is 7.05 Å². The summed E-state index contributed by atoms with van der Waals surface area (Å²) in [5.74, 6) is -0.687. The molecule has 2 amide bonds. The Balaban J connectivity index is 1.48. The lowest BCUT2D eigenvalue weighted by molar-refractivity contribution is -0.133. The van der Waals surface area contributed by atoms with Crippen LogP contribution >= 0.6 is 11.6 Å². The zero-order valence-electron chi connectivity index (χ0n) is 21.0. The molecule has 3 N–H and O–H groups in total. The van der Waals surface area contributed by atoms with Gasteiger partial charge in [-0.05, 0) is 47.0 Å². The zero-order valence-corrected chi connectivity index (χ0v) is 21.8. The predicted molar refractivity (Wildman–Crippen MR) is 149 cm³/mol. The molecule has 0 bridgehead atoms. The number of likely N-dealkylation sites (N-methyl/N-ethyl adjacent to an activating group) is 1. The number of nitrogens with zero attached hydrogens (tertiary/aromatic N) is 2. The normalized spacial score (nSPS) is 12.8. The van der Waals surface area contributed by atoms with Crippen LogP contribution in [0.1, 0.15) is 40.1 Å². The van der Waals surface area contributed by atoms with E-state index < -0.39 is 18.1 Å². The fourth-order valence-electron chi connectivity index (χ4n) is 4.18. The second-order valence-corrected chi connectivity index (χ2v) is 9.41. The summed E-state index contributed by atoms with van der Waals surface area (Å²) in [6.07, 6.45) is 0.907. The van der Waals surface area contributed by atoms with Crippen molar-refractivity contribution in [3.8, 4) is 5.75 Å². The Morgan fingerprint density at radius 3 is 2.39 bits per heavy atom. The number of aliphatic hydroxyl groups excluding tert-OH is 1. The van der Waals surface area contributed by atoms with Gasteiger partial charge in [0.25, 0.3) is 5.91 Å². The minimum absolute atomic E-state index is 0.0763. The molecule has 0 saturated heterocycles. The third kappa shape index (κ3) is 6.02. The number of hydrogen-bond acceptors (Lipinski definition) is 5. The van der Waals surface area contributed by atoms with Gasteiger partial charge in [0.2, 0.25) is 5.91 Å². The Labute approximate surface area is 226 Å². The van der Waals surface area contributed by atoms with E-state index in [0.29, 0.717) is 0 Å². The highest BCUT2D eigenvalue weighted by atomic mass is 35.5. The molecule has 4 rings (SSSR count). The summed E-state index contributed by atoms with van der Waals surface area (Å²) in [4.78, 5) is 27.1. The van der Waals surface area contributed by atoms with Crippen molar-refractivity contribution in [2.24, 2.45) is 5.10 Å². The quantitative estimate of drug-likeness (QED) is 0.219. The lowest BCUT2D eigenvalue weighted by Gasteiger charge is -2.29. The summed E-state index contributed by atoms with van der Waals surface area (Å²) in [5, 5.41) is 26.2. The Morgan fingerprint density at radius 1 is 1.00 bits per heavy atom. The van der Waals surface area contributed by atoms with Crippen molar-refractivity contribution in [3.05, 3.63) is 112 Å². The molecule has 0 fully saturated rings. The highest BCUT2D eigenvalue weighted by Crippen LogP contribution is 2.25. The first kappa shape index (κ1) is 26.9. The maximum atomic E-state index is 13.2. The highest BCUT2D eigenvalue weighted by Gasteiger charge is 2.24. The number of aliphatic hydroxyl groups is 1. The molecule has 0 radical (unpaired) electrons. The van der Waals surface area contributed by atoms with Crippen molar-refractivity contribution in [3.63, 3.8) is 0 Å². The van der Waals surface area contributed by atoms with Gasteiger partial charge in [-0.15, -0.1) is 0 Å². The minimum Gasteiger partial charge on any atom is -0.506 e. The highest BCUT2D eigenvalue weighted by molar-refractivity contribution is 6.32. The number of carbonyl (C=O) groups is 2. The van der Waals surface area contributed by atoms with E-state index in [4.69, 9.17) is 11.6 Å². The fourth-order valence-corrected chi connectivity index (χ4v) is 4.36. The molecule has 0 aliphatic rings. The summed E-state index contributed by atoms with van der Waals surface area (Å²) < 4.78 is 0. The van der Waals surface area contributed by atoms with E-state index >= 15 is 0 Å². The summed E-state index contributed by atoms with van der Waals surface area (Å²) in [6.45, 7) is 1.83. The minimum atomic E-state index is -0.798. The number of benzene rings is 4. The molecule has 0 spiro atoms. The van der Waals surface area contributed by atoms with E-state index in [1.807, 2.05) is 73.7 Å². The smallest absolute Gasteiger partial charge is 0.271 e. The van der Waals surface area contributed by atoms with Gasteiger partial charge >= 0.3 is 0 Å². The van der Waals surface area contributed by atoms with Crippen LogP contribution in [0.15, 0.2) is 90.0 Å². The van der Waals surface area contributed by atoms with Crippen molar-refractivity contribution in [1.29, 1.82) is 0 Å². The molecule has 4 aromatic rings. The summed E-state index contributed by atoms with van der Waals surface area (Å²) in [7, 11) is 1.70. The Morgan fingerprint density at radius 2 is 1.68 bits per heavy atom. The van der Waals surface area contributed by atoms with Crippen molar-refractivity contribution >= 4 is 40.4 Å². The third-order valence-electron chi connectivity index (χ3n) is 6.57. The van der Waals surface area contributed by atoms with Gasteiger partial charge in [0, 0.05) is 18.2 Å². The van der Waals surface area contributed by atoms with Crippen molar-refractivity contribution in [2.45, 2.75) is 25.5 Å². The number of rotatable bonds is 8. The standard InChI is InChI=1S/C30H28ClN3O4/c1-19(29(37)20-8-4-3-5-9-20)34(2)28(36)17-21-12-13-23(25-11-7-6-10-24(21)25)18-32-33-30(38)22-14-15-27(35)26(31)16-22/h3-16,18-19,29,35,37H,17H2,1-2H3,(H,33,38)/b32-18+/t19-,29-/m1/s1. The molecule has 38 heavy (non-hydrogen) atoms. The van der Waals surface area contributed by atoms with E-state index in [2.05, 4.69) is 10.5 Å². The van der Waals surface area contributed by atoms with Crippen LogP contribution in [-0.2, 0) is 11.2 Å². The molecule has 0 unspecified atom stereocenters. The molecular formula is C30H28ClN3O4. The average Bonchev–Trinajstić information content (AvgIpc) is 2.94. The van der Waals surface area contributed by atoms with Gasteiger partial charge in [-0.25, -0.2) is 5.43 Å². The molecule has 0 aromatic heterocycles. The molecule has 8 heteroatoms. The van der Waals surface area contributed by atoms with Crippen LogP contribution in [0.25, 0.3) is 10.8 Å². The SMILES string of the molecule is C[C@H]([C@@H](O)c1ccccc1)N(C)C(=O)Cc1ccc(/C=N/NC(=O)c2ccc(O)c(Cl)c2)c2ccccc12. The van der Waals surface area contributed by atoms with Crippen LogP contribution in [0.4, 0.5) is 0 Å². The Kier molecular flexibility index (Phi) is 8.41. The first-order chi connectivity index (χ1) is 18.3. The first-order valence-electron chi connectivity index (χ1n) is 12.1. The average molecular weight is 530 g/mol. The van der Waals surface area contributed by atoms with Crippen LogP contribution in [0.5, 0.6) is 5.75 Å². The fraction of sp³-hybridized carbons (Fsp3) is 0.167. The van der Waals surface area contributed by atoms with Gasteiger partial charge in [0.15, 0.2) is 0 Å². The number of carbonyl (C=O) groups excluding carboxylic acids is 2. The summed E-state index contributed by atoms with van der Waals surface area (Å²) >= 11 is 5.88. The van der Waals surface area contributed by atoms with Crippen molar-refractivity contribution < 1.29 is 19.8 Å². The van der Waals surface area contributed by atoms with Crippen LogP contribution in [0, 0.1) is 0 Å². The topological polar surface area (TPSA) is 102 Å². The molecule has 0 heterocycles. The summed E-state index contributed by atoms with van der Waals surface area (Å²) in [6, 6.07) is 24.4. The van der Waals surface area contributed by atoms with E-state index in [9.17, 15) is 19.8 Å². The number of nitrogens with one attached hydrogen (secondary N) is 1. The maximum Gasteiger partial charge on any atom is 0.271 e. The van der Waals surface area contributed by atoms with Gasteiger partial charge < -0.3 is 15.1 Å². The zero-order chi connectivity index (χ0) is 27.2. The Bertz CT molecular complexity index is 1490. The largest absolute Gasteiger partial charge is 0.506 e. The molecule has 194 valence electrons. The number of hydrogen-bond donors (Lipinski definition) is 3. The number of phenolic OH excluding ortho intramolecular Hbond substituents is 1. The van der Waals surface area contributed by atoms with Crippen LogP contribution < -0.4 is 5.43 Å². The third-order valence-corrected chi connectivity index (χ3v) is 6.87. The van der Waals surface area contributed by atoms with Crippen molar-refractivity contribution in [1.82, 2.24) is 10.3 Å².